The van der Waals surface area contributed by atoms with Crippen molar-refractivity contribution in [2.45, 2.75) is 26.3 Å². The first-order chi connectivity index (χ1) is 10.0. The number of aromatic nitrogens is 1. The van der Waals surface area contributed by atoms with Crippen LogP contribution in [0.5, 0.6) is 0 Å². The second-order valence-corrected chi connectivity index (χ2v) is 4.88. The van der Waals surface area contributed by atoms with Gasteiger partial charge in [-0.05, 0) is 19.4 Å². The number of anilines is 2. The summed E-state index contributed by atoms with van der Waals surface area (Å²) in [6.07, 6.45) is 0.927. The first-order valence-electron chi connectivity index (χ1n) is 6.98. The average Bonchev–Trinajstić information content (AvgIpc) is 2.47. The van der Waals surface area contributed by atoms with Gasteiger partial charge in [0.15, 0.2) is 0 Å². The number of carbonyl (C=O) groups excluding carboxylic acids is 1. The van der Waals surface area contributed by atoms with Crippen LogP contribution < -0.4 is 15.5 Å². The highest BCUT2D eigenvalue weighted by atomic mass is 16.6. The van der Waals surface area contributed by atoms with Gasteiger partial charge in [0.05, 0.1) is 4.92 Å². The smallest absolute Gasteiger partial charge is 0.311 e. The van der Waals surface area contributed by atoms with Crippen molar-refractivity contribution in [2.24, 2.45) is 0 Å². The Morgan fingerprint density at radius 1 is 1.57 bits per heavy atom. The summed E-state index contributed by atoms with van der Waals surface area (Å²) < 4.78 is 0. The quantitative estimate of drug-likeness (QED) is 0.623. The molecule has 1 saturated heterocycles. The van der Waals surface area contributed by atoms with Crippen molar-refractivity contribution in [3.8, 4) is 0 Å². The molecule has 0 saturated carbocycles. The number of nitrogens with zero attached hydrogens (tertiary/aromatic N) is 3. The molecule has 1 amide bonds. The van der Waals surface area contributed by atoms with Gasteiger partial charge < -0.3 is 15.5 Å². The molecular formula is C13H19N5O3. The van der Waals surface area contributed by atoms with Crippen LogP contribution in [-0.4, -0.2) is 41.5 Å². The molecule has 21 heavy (non-hydrogen) atoms. The number of pyridine rings is 1. The minimum atomic E-state index is -0.480. The lowest BCUT2D eigenvalue weighted by Crippen LogP contribution is -2.54. The fourth-order valence-electron chi connectivity index (χ4n) is 2.22. The van der Waals surface area contributed by atoms with Crippen molar-refractivity contribution >= 4 is 23.2 Å². The molecule has 2 N–H and O–H groups in total. The second-order valence-electron chi connectivity index (χ2n) is 4.88. The topological polar surface area (TPSA) is 100 Å². The van der Waals surface area contributed by atoms with Crippen molar-refractivity contribution in [2.75, 3.05) is 29.9 Å². The lowest BCUT2D eigenvalue weighted by atomic mass is 10.2. The van der Waals surface area contributed by atoms with Gasteiger partial charge in [0, 0.05) is 25.7 Å². The Balaban J connectivity index is 2.37. The Bertz CT molecular complexity index is 549. The SMILES string of the molecule is CCCNc1ccc([N+](=O)[O-])c(N2CCNC(=O)C2C)n1. The van der Waals surface area contributed by atoms with Gasteiger partial charge in [-0.3, -0.25) is 14.9 Å². The molecule has 0 bridgehead atoms. The summed E-state index contributed by atoms with van der Waals surface area (Å²) in [6, 6.07) is 2.54. The first kappa shape index (κ1) is 15.0. The normalized spacial score (nSPS) is 18.3. The summed E-state index contributed by atoms with van der Waals surface area (Å²) in [5.74, 6) is 0.670. The van der Waals surface area contributed by atoms with E-state index in [2.05, 4.69) is 15.6 Å². The molecule has 2 heterocycles. The van der Waals surface area contributed by atoms with Crippen LogP contribution in [0.4, 0.5) is 17.3 Å². The van der Waals surface area contributed by atoms with Gasteiger partial charge in [0.25, 0.3) is 0 Å². The van der Waals surface area contributed by atoms with Crippen LogP contribution in [0.1, 0.15) is 20.3 Å². The van der Waals surface area contributed by atoms with Crippen molar-refractivity contribution < 1.29 is 9.72 Å². The minimum absolute atomic E-state index is 0.0846. The van der Waals surface area contributed by atoms with Gasteiger partial charge in [0.1, 0.15) is 11.9 Å². The Morgan fingerprint density at radius 2 is 2.33 bits per heavy atom. The Kier molecular flexibility index (Phi) is 4.56. The summed E-state index contributed by atoms with van der Waals surface area (Å²) in [6.45, 7) is 5.43. The number of hydrogen-bond acceptors (Lipinski definition) is 6. The predicted octanol–water partition coefficient (Wildman–Crippen LogP) is 1.14. The molecule has 1 aliphatic heterocycles. The number of rotatable bonds is 5. The largest absolute Gasteiger partial charge is 0.370 e. The lowest BCUT2D eigenvalue weighted by molar-refractivity contribution is -0.384. The molecule has 114 valence electrons. The van der Waals surface area contributed by atoms with Crippen molar-refractivity contribution in [3.63, 3.8) is 0 Å². The van der Waals surface area contributed by atoms with Gasteiger partial charge in [-0.25, -0.2) is 4.98 Å². The third-order valence-electron chi connectivity index (χ3n) is 3.38. The highest BCUT2D eigenvalue weighted by Gasteiger charge is 2.31. The third kappa shape index (κ3) is 3.21. The van der Waals surface area contributed by atoms with E-state index in [1.807, 2.05) is 6.92 Å². The Hall–Kier alpha value is -2.38. The molecule has 1 fully saturated rings. The number of hydrogen-bond donors (Lipinski definition) is 2. The molecule has 1 aromatic heterocycles. The maximum atomic E-state index is 11.7. The number of nitro groups is 1. The van der Waals surface area contributed by atoms with E-state index < -0.39 is 11.0 Å². The van der Waals surface area contributed by atoms with Crippen molar-refractivity contribution in [1.82, 2.24) is 10.3 Å². The maximum absolute atomic E-state index is 11.7. The first-order valence-corrected chi connectivity index (χ1v) is 6.98. The third-order valence-corrected chi connectivity index (χ3v) is 3.38. The zero-order valence-corrected chi connectivity index (χ0v) is 12.1. The van der Waals surface area contributed by atoms with Gasteiger partial charge >= 0.3 is 5.69 Å². The van der Waals surface area contributed by atoms with Crippen molar-refractivity contribution in [3.05, 3.63) is 22.2 Å². The number of carbonyl (C=O) groups is 1. The van der Waals surface area contributed by atoms with Crippen LogP contribution in [-0.2, 0) is 4.79 Å². The highest BCUT2D eigenvalue weighted by Crippen LogP contribution is 2.29. The van der Waals surface area contributed by atoms with E-state index in [-0.39, 0.29) is 17.4 Å². The summed E-state index contributed by atoms with van der Waals surface area (Å²) >= 11 is 0. The number of amides is 1. The van der Waals surface area contributed by atoms with Crippen LogP contribution in [0, 0.1) is 10.1 Å². The summed E-state index contributed by atoms with van der Waals surface area (Å²) in [5.41, 5.74) is -0.0846. The van der Waals surface area contributed by atoms with Crippen LogP contribution in [0.15, 0.2) is 12.1 Å². The molecule has 1 aliphatic rings. The van der Waals surface area contributed by atoms with Gasteiger partial charge in [-0.1, -0.05) is 6.92 Å². The zero-order valence-electron chi connectivity index (χ0n) is 12.1. The fourth-order valence-corrected chi connectivity index (χ4v) is 2.22. The van der Waals surface area contributed by atoms with Crippen LogP contribution >= 0.6 is 0 Å². The van der Waals surface area contributed by atoms with Crippen molar-refractivity contribution in [1.29, 1.82) is 0 Å². The fraction of sp³-hybridized carbons (Fsp3) is 0.538. The molecule has 0 aliphatic carbocycles. The van der Waals surface area contributed by atoms with Crippen LogP contribution in [0.25, 0.3) is 0 Å². The van der Waals surface area contributed by atoms with E-state index in [4.69, 9.17) is 0 Å². The molecule has 8 nitrogen and oxygen atoms in total. The lowest BCUT2D eigenvalue weighted by Gasteiger charge is -2.33. The molecule has 1 aromatic rings. The van der Waals surface area contributed by atoms with Crippen LogP contribution in [0.2, 0.25) is 0 Å². The summed E-state index contributed by atoms with van der Waals surface area (Å²) in [7, 11) is 0. The number of nitrogens with one attached hydrogen (secondary N) is 2. The van der Waals surface area contributed by atoms with Crippen LogP contribution in [0.3, 0.4) is 0 Å². The molecule has 2 rings (SSSR count). The molecule has 8 heteroatoms. The maximum Gasteiger partial charge on any atom is 0.311 e. The van der Waals surface area contributed by atoms with Gasteiger partial charge in [-0.15, -0.1) is 0 Å². The minimum Gasteiger partial charge on any atom is -0.370 e. The zero-order chi connectivity index (χ0) is 15.4. The highest BCUT2D eigenvalue weighted by molar-refractivity contribution is 5.86. The molecule has 0 aromatic carbocycles. The Morgan fingerprint density at radius 3 is 3.00 bits per heavy atom. The van der Waals surface area contributed by atoms with E-state index >= 15 is 0 Å². The average molecular weight is 293 g/mol. The predicted molar refractivity (Wildman–Crippen MR) is 79.5 cm³/mol. The van der Waals surface area contributed by atoms with E-state index in [1.54, 1.807) is 17.9 Å². The molecule has 0 spiro atoms. The molecule has 1 unspecified atom stereocenters. The van der Waals surface area contributed by atoms with E-state index in [0.717, 1.165) is 13.0 Å². The monoisotopic (exact) mass is 293 g/mol. The molecule has 0 radical (unpaired) electrons. The summed E-state index contributed by atoms with van der Waals surface area (Å²) in [4.78, 5) is 28.5. The second kappa shape index (κ2) is 6.38. The molecular weight excluding hydrogens is 274 g/mol. The number of piperazine rings is 1. The molecule has 1 atom stereocenters. The van der Waals surface area contributed by atoms with E-state index in [1.165, 1.54) is 6.07 Å². The van der Waals surface area contributed by atoms with E-state index in [9.17, 15) is 14.9 Å². The standard InChI is InChI=1S/C13H19N5O3/c1-3-6-14-11-5-4-10(18(20)21)12(16-11)17-8-7-15-13(19)9(17)2/h4-5,9H,3,6-8H2,1-2H3,(H,14,16)(H,15,19). The van der Waals surface area contributed by atoms with E-state index in [0.29, 0.717) is 18.9 Å². The Labute approximate surface area is 122 Å². The van der Waals surface area contributed by atoms with Gasteiger partial charge in [0.2, 0.25) is 11.7 Å². The van der Waals surface area contributed by atoms with Gasteiger partial charge in [-0.2, -0.15) is 0 Å². The summed E-state index contributed by atoms with van der Waals surface area (Å²) in [5, 5.41) is 17.0.